The Kier molecular flexibility index (Phi) is 11.1. The van der Waals surface area contributed by atoms with Gasteiger partial charge in [0.15, 0.2) is 0 Å². The van der Waals surface area contributed by atoms with Gasteiger partial charge in [0.05, 0.1) is 11.7 Å². The van der Waals surface area contributed by atoms with Crippen LogP contribution in [0.2, 0.25) is 5.02 Å². The highest BCUT2D eigenvalue weighted by Crippen LogP contribution is 2.30. The van der Waals surface area contributed by atoms with Crippen LogP contribution in [0, 0.1) is 11.3 Å². The lowest BCUT2D eigenvalue weighted by Crippen LogP contribution is -2.37. The molecule has 1 aliphatic heterocycles. The van der Waals surface area contributed by atoms with Gasteiger partial charge in [-0.15, -0.1) is 0 Å². The summed E-state index contributed by atoms with van der Waals surface area (Å²) in [7, 11) is 0. The number of benzene rings is 2. The number of carbonyl (C=O) groups is 2. The van der Waals surface area contributed by atoms with E-state index in [1.54, 1.807) is 18.2 Å². The largest absolute Gasteiger partial charge is 0.484 e. The number of nitrogens with zero attached hydrogens (tertiary/aromatic N) is 2. The fourth-order valence-corrected chi connectivity index (χ4v) is 3.55. The van der Waals surface area contributed by atoms with Crippen molar-refractivity contribution in [3.8, 4) is 11.8 Å². The Morgan fingerprint density at radius 2 is 1.74 bits per heavy atom. The van der Waals surface area contributed by atoms with Gasteiger partial charge in [0.1, 0.15) is 17.9 Å². The molecule has 0 amide bonds. The van der Waals surface area contributed by atoms with Crippen molar-refractivity contribution in [3.05, 3.63) is 76.8 Å². The maximum Gasteiger partial charge on any atom is 0.328 e. The topological polar surface area (TPSA) is 131 Å². The quantitative estimate of drug-likeness (QED) is 0.479. The molecule has 3 rings (SSSR count). The number of aliphatic carboxylic acids is 2. The highest BCUT2D eigenvalue weighted by molar-refractivity contribution is 6.30. The van der Waals surface area contributed by atoms with Gasteiger partial charge in [-0.2, -0.15) is 5.26 Å². The molecule has 34 heavy (non-hydrogen) atoms. The van der Waals surface area contributed by atoms with E-state index >= 15 is 0 Å². The van der Waals surface area contributed by atoms with Crippen molar-refractivity contribution < 1.29 is 29.6 Å². The lowest BCUT2D eigenvalue weighted by molar-refractivity contribution is -0.134. The van der Waals surface area contributed by atoms with Crippen molar-refractivity contribution >= 4 is 23.5 Å². The number of likely N-dealkylation sites (tertiary alicyclic amines) is 1. The molecule has 1 heterocycles. The maximum atomic E-state index is 9.67. The second kappa shape index (κ2) is 14.0. The minimum atomic E-state index is -1.26. The number of ether oxygens (including phenoxy) is 1. The highest BCUT2D eigenvalue weighted by atomic mass is 35.5. The molecule has 180 valence electrons. The lowest BCUT2D eigenvalue weighted by Gasteiger charge is -2.31. The molecular weight excluding hydrogens is 460 g/mol. The van der Waals surface area contributed by atoms with Gasteiger partial charge in [-0.25, -0.2) is 9.59 Å². The van der Waals surface area contributed by atoms with Crippen molar-refractivity contribution in [2.24, 2.45) is 0 Å². The molecule has 0 aliphatic carbocycles. The summed E-state index contributed by atoms with van der Waals surface area (Å²) < 4.78 is 6.23. The van der Waals surface area contributed by atoms with Crippen molar-refractivity contribution in [1.82, 2.24) is 4.90 Å². The van der Waals surface area contributed by atoms with Crippen molar-refractivity contribution in [3.63, 3.8) is 0 Å². The number of aliphatic hydroxyl groups is 1. The van der Waals surface area contributed by atoms with Crippen LogP contribution in [0.25, 0.3) is 0 Å². The van der Waals surface area contributed by atoms with Gasteiger partial charge in [-0.05, 0) is 30.5 Å². The number of carboxylic acids is 2. The Hall–Kier alpha value is -3.38. The molecule has 1 saturated heterocycles. The van der Waals surface area contributed by atoms with Gasteiger partial charge in [-0.3, -0.25) is 0 Å². The summed E-state index contributed by atoms with van der Waals surface area (Å²) in [6.07, 6.45) is 3.24. The number of piperidine rings is 1. The molecule has 0 radical (unpaired) electrons. The summed E-state index contributed by atoms with van der Waals surface area (Å²) >= 11 is 6.09. The molecule has 8 nitrogen and oxygen atoms in total. The predicted molar refractivity (Wildman–Crippen MR) is 127 cm³/mol. The third kappa shape index (κ3) is 9.63. The molecule has 2 aromatic carbocycles. The smallest absolute Gasteiger partial charge is 0.328 e. The number of aliphatic hydroxyl groups excluding tert-OH is 1. The number of hydrogen-bond donors (Lipinski definition) is 3. The zero-order valence-corrected chi connectivity index (χ0v) is 19.3. The minimum absolute atomic E-state index is 0.159. The van der Waals surface area contributed by atoms with Gasteiger partial charge in [0.25, 0.3) is 0 Å². The first-order chi connectivity index (χ1) is 16.3. The lowest BCUT2D eigenvalue weighted by atomic mass is 10.0. The molecule has 0 aromatic heterocycles. The van der Waals surface area contributed by atoms with Crippen molar-refractivity contribution in [2.75, 3.05) is 19.6 Å². The van der Waals surface area contributed by atoms with Gasteiger partial charge in [0, 0.05) is 49.3 Å². The third-order valence-corrected chi connectivity index (χ3v) is 5.37. The Morgan fingerprint density at radius 3 is 2.29 bits per heavy atom. The summed E-state index contributed by atoms with van der Waals surface area (Å²) in [5.74, 6) is -2.00. The summed E-state index contributed by atoms with van der Waals surface area (Å²) in [5.41, 5.74) is 1.56. The fraction of sp³-hybridized carbons (Fsp3) is 0.320. The van der Waals surface area contributed by atoms with Crippen LogP contribution in [0.15, 0.2) is 60.7 Å². The molecule has 0 unspecified atom stereocenters. The van der Waals surface area contributed by atoms with E-state index < -0.39 is 11.9 Å². The van der Waals surface area contributed by atoms with Gasteiger partial charge in [0.2, 0.25) is 0 Å². The Labute approximate surface area is 203 Å². The van der Waals surface area contributed by atoms with Crippen LogP contribution in [0.5, 0.6) is 5.75 Å². The second-order valence-electron chi connectivity index (χ2n) is 7.64. The average Bonchev–Trinajstić information content (AvgIpc) is 2.82. The van der Waals surface area contributed by atoms with E-state index in [9.17, 15) is 20.0 Å². The molecule has 1 aliphatic rings. The van der Waals surface area contributed by atoms with Crippen LogP contribution >= 0.6 is 11.6 Å². The van der Waals surface area contributed by atoms with E-state index in [1.807, 2.05) is 30.3 Å². The third-order valence-electron chi connectivity index (χ3n) is 5.14. The normalized spacial score (nSPS) is 15.1. The average molecular weight is 487 g/mol. The van der Waals surface area contributed by atoms with E-state index in [4.69, 9.17) is 26.6 Å². The van der Waals surface area contributed by atoms with Crippen LogP contribution in [-0.4, -0.2) is 57.9 Å². The van der Waals surface area contributed by atoms with Crippen LogP contribution in [0.4, 0.5) is 0 Å². The van der Waals surface area contributed by atoms with Gasteiger partial charge < -0.3 is 25.0 Å². The molecular formula is C25H27ClN2O6. The molecule has 1 fully saturated rings. The molecule has 9 heteroatoms. The number of rotatable bonds is 8. The van der Waals surface area contributed by atoms with E-state index in [-0.39, 0.29) is 12.2 Å². The first-order valence-electron chi connectivity index (χ1n) is 10.7. The molecule has 0 spiro atoms. The van der Waals surface area contributed by atoms with Crippen LogP contribution in [0.3, 0.4) is 0 Å². The standard InChI is InChI=1S/C21H23ClN2O2.C4H4O4/c22-18-7-6-17(15-23)21(14-18)26-20(16-4-2-1-3-5-16)10-13-24-11-8-19(25)9-12-24;5-3(6)1-2-4(7)8/h1-7,14,19-20,25H,8-13H2;1-2H,(H,5,6)(H,7,8)/b;2-1+/t20-;/m1./s1. The summed E-state index contributed by atoms with van der Waals surface area (Å²) in [6, 6.07) is 17.3. The van der Waals surface area contributed by atoms with E-state index in [1.165, 1.54) is 0 Å². The zero-order valence-electron chi connectivity index (χ0n) is 18.5. The molecule has 3 N–H and O–H groups in total. The van der Waals surface area contributed by atoms with Crippen molar-refractivity contribution in [2.45, 2.75) is 31.5 Å². The molecule has 1 atom stereocenters. The SMILES string of the molecule is N#Cc1ccc(Cl)cc1O[C@H](CCN1CCC(O)CC1)c1ccccc1.O=C(O)/C=C/C(=O)O. The second-order valence-corrected chi connectivity index (χ2v) is 8.08. The number of nitriles is 1. The van der Waals surface area contributed by atoms with E-state index in [0.717, 1.165) is 44.5 Å². The first-order valence-corrected chi connectivity index (χ1v) is 11.1. The number of halogens is 1. The van der Waals surface area contributed by atoms with E-state index in [0.29, 0.717) is 28.5 Å². The molecule has 2 aromatic rings. The highest BCUT2D eigenvalue weighted by Gasteiger charge is 2.20. The predicted octanol–water partition coefficient (Wildman–Crippen LogP) is 3.89. The Morgan fingerprint density at radius 1 is 1.12 bits per heavy atom. The molecule has 0 saturated carbocycles. The monoisotopic (exact) mass is 486 g/mol. The summed E-state index contributed by atoms with van der Waals surface area (Å²) in [6.45, 7) is 2.70. The zero-order chi connectivity index (χ0) is 24.9. The molecule has 0 bridgehead atoms. The van der Waals surface area contributed by atoms with E-state index in [2.05, 4.69) is 11.0 Å². The summed E-state index contributed by atoms with van der Waals surface area (Å²) in [5, 5.41) is 35.2. The van der Waals surface area contributed by atoms with Crippen LogP contribution in [-0.2, 0) is 9.59 Å². The minimum Gasteiger partial charge on any atom is -0.484 e. The first kappa shape index (κ1) is 26.9. The number of hydrogen-bond acceptors (Lipinski definition) is 6. The summed E-state index contributed by atoms with van der Waals surface area (Å²) in [4.78, 5) is 21.5. The Balaban J connectivity index is 0.000000440. The van der Waals surface area contributed by atoms with Gasteiger partial charge in [-0.1, -0.05) is 41.9 Å². The number of carboxylic acid groups (broad SMARTS) is 2. The fourth-order valence-electron chi connectivity index (χ4n) is 3.39. The van der Waals surface area contributed by atoms with Crippen LogP contribution < -0.4 is 4.74 Å². The maximum absolute atomic E-state index is 9.67. The van der Waals surface area contributed by atoms with Crippen molar-refractivity contribution in [1.29, 1.82) is 5.26 Å². The van der Waals surface area contributed by atoms with Gasteiger partial charge >= 0.3 is 11.9 Å². The Bertz CT molecular complexity index is 998. The van der Waals surface area contributed by atoms with Crippen LogP contribution in [0.1, 0.15) is 36.5 Å².